The third-order valence-electron chi connectivity index (χ3n) is 2.53. The monoisotopic (exact) mass is 233 g/mol. The van der Waals surface area contributed by atoms with Crippen LogP contribution in [0.1, 0.15) is 16.2 Å². The Hall–Kier alpha value is -2.11. The maximum absolute atomic E-state index is 11.7. The first-order valence-electron chi connectivity index (χ1n) is 5.43. The van der Waals surface area contributed by atoms with Crippen molar-refractivity contribution in [2.24, 2.45) is 7.05 Å². The molecule has 0 saturated carbocycles. The summed E-state index contributed by atoms with van der Waals surface area (Å²) in [6, 6.07) is 3.62. The summed E-state index contributed by atoms with van der Waals surface area (Å²) in [6.45, 7) is 3.11. The number of carbonyl (C=O) groups excluding carboxylic acids is 1. The minimum atomic E-state index is -0.152. The molecule has 2 aromatic rings. The molecule has 0 spiro atoms. The van der Waals surface area contributed by atoms with Crippen molar-refractivity contribution in [1.82, 2.24) is 24.9 Å². The maximum atomic E-state index is 11.7. The highest BCUT2D eigenvalue weighted by atomic mass is 16.1. The lowest BCUT2D eigenvalue weighted by Crippen LogP contribution is -2.27. The molecule has 0 aliphatic rings. The smallest absolute Gasteiger partial charge is 0.271 e. The fraction of sp³-hybridized carbons (Fsp3) is 0.364. The van der Waals surface area contributed by atoms with E-state index in [1.165, 1.54) is 0 Å². The summed E-state index contributed by atoms with van der Waals surface area (Å²) in [5.41, 5.74) is 1.41. The second kappa shape index (κ2) is 4.82. The number of hydrogen-bond donors (Lipinski definition) is 1. The van der Waals surface area contributed by atoms with Gasteiger partial charge >= 0.3 is 0 Å². The van der Waals surface area contributed by atoms with Gasteiger partial charge in [0.25, 0.3) is 5.91 Å². The van der Waals surface area contributed by atoms with Crippen molar-refractivity contribution in [1.29, 1.82) is 0 Å². The number of rotatable bonds is 4. The van der Waals surface area contributed by atoms with Gasteiger partial charge in [0.1, 0.15) is 5.69 Å². The Kier molecular flexibility index (Phi) is 3.22. The second-order valence-corrected chi connectivity index (χ2v) is 3.82. The molecule has 0 fully saturated rings. The van der Waals surface area contributed by atoms with E-state index in [1.807, 2.05) is 26.2 Å². The van der Waals surface area contributed by atoms with Crippen molar-refractivity contribution in [3.8, 4) is 0 Å². The lowest BCUT2D eigenvalue weighted by Gasteiger charge is -2.03. The van der Waals surface area contributed by atoms with E-state index >= 15 is 0 Å². The summed E-state index contributed by atoms with van der Waals surface area (Å²) in [5, 5.41) is 11.0. The molecule has 1 amide bonds. The maximum Gasteiger partial charge on any atom is 0.271 e. The van der Waals surface area contributed by atoms with Gasteiger partial charge in [-0.1, -0.05) is 0 Å². The van der Waals surface area contributed by atoms with Gasteiger partial charge in [0.15, 0.2) is 0 Å². The SMILES string of the molecule is Cc1cc(C(=O)NCCn2cccn2)nn1C. The van der Waals surface area contributed by atoms with E-state index in [1.54, 1.807) is 21.6 Å². The van der Waals surface area contributed by atoms with Crippen LogP contribution in [0, 0.1) is 6.92 Å². The Balaban J connectivity index is 1.85. The molecule has 0 radical (unpaired) electrons. The fourth-order valence-corrected chi connectivity index (χ4v) is 1.48. The van der Waals surface area contributed by atoms with E-state index in [4.69, 9.17) is 0 Å². The summed E-state index contributed by atoms with van der Waals surface area (Å²) in [7, 11) is 1.82. The Bertz CT molecular complexity index is 480. The summed E-state index contributed by atoms with van der Waals surface area (Å²) in [5.74, 6) is -0.152. The van der Waals surface area contributed by atoms with Gasteiger partial charge in [-0.05, 0) is 19.1 Å². The third-order valence-corrected chi connectivity index (χ3v) is 2.53. The first kappa shape index (κ1) is 11.4. The Morgan fingerprint density at radius 3 is 2.94 bits per heavy atom. The van der Waals surface area contributed by atoms with E-state index in [2.05, 4.69) is 15.5 Å². The summed E-state index contributed by atoms with van der Waals surface area (Å²) in [6.07, 6.45) is 3.57. The van der Waals surface area contributed by atoms with Crippen molar-refractivity contribution in [2.45, 2.75) is 13.5 Å². The molecular formula is C11H15N5O. The van der Waals surface area contributed by atoms with Crippen LogP contribution in [-0.4, -0.2) is 32.0 Å². The van der Waals surface area contributed by atoms with Crippen LogP contribution < -0.4 is 5.32 Å². The van der Waals surface area contributed by atoms with Gasteiger partial charge in [-0.15, -0.1) is 0 Å². The largest absolute Gasteiger partial charge is 0.349 e. The Morgan fingerprint density at radius 2 is 2.35 bits per heavy atom. The molecular weight excluding hydrogens is 218 g/mol. The molecule has 0 saturated heterocycles. The molecule has 2 rings (SSSR count). The molecule has 6 nitrogen and oxygen atoms in total. The molecule has 0 unspecified atom stereocenters. The Labute approximate surface area is 99.2 Å². The summed E-state index contributed by atoms with van der Waals surface area (Å²) < 4.78 is 3.45. The molecule has 0 bridgehead atoms. The molecule has 0 aliphatic heterocycles. The molecule has 6 heteroatoms. The third kappa shape index (κ3) is 2.72. The van der Waals surface area contributed by atoms with Crippen LogP contribution in [0.4, 0.5) is 0 Å². The van der Waals surface area contributed by atoms with E-state index in [0.29, 0.717) is 18.8 Å². The van der Waals surface area contributed by atoms with Crippen molar-refractivity contribution < 1.29 is 4.79 Å². The van der Waals surface area contributed by atoms with Gasteiger partial charge in [-0.25, -0.2) is 0 Å². The average molecular weight is 233 g/mol. The van der Waals surface area contributed by atoms with E-state index in [0.717, 1.165) is 5.69 Å². The molecule has 0 aliphatic carbocycles. The zero-order valence-corrected chi connectivity index (χ0v) is 9.92. The van der Waals surface area contributed by atoms with E-state index in [9.17, 15) is 4.79 Å². The highest BCUT2D eigenvalue weighted by Crippen LogP contribution is 2.00. The normalized spacial score (nSPS) is 10.5. The van der Waals surface area contributed by atoms with Crippen molar-refractivity contribution in [3.05, 3.63) is 35.9 Å². The van der Waals surface area contributed by atoms with Gasteiger partial charge in [-0.2, -0.15) is 10.2 Å². The van der Waals surface area contributed by atoms with Crippen LogP contribution in [0.3, 0.4) is 0 Å². The van der Waals surface area contributed by atoms with Crippen LogP contribution in [-0.2, 0) is 13.6 Å². The van der Waals surface area contributed by atoms with Crippen LogP contribution in [0.5, 0.6) is 0 Å². The van der Waals surface area contributed by atoms with Gasteiger partial charge in [-0.3, -0.25) is 14.2 Å². The lowest BCUT2D eigenvalue weighted by atomic mass is 10.3. The zero-order chi connectivity index (χ0) is 12.3. The van der Waals surface area contributed by atoms with Crippen molar-refractivity contribution >= 4 is 5.91 Å². The van der Waals surface area contributed by atoms with E-state index in [-0.39, 0.29) is 5.91 Å². The average Bonchev–Trinajstić information content (AvgIpc) is 2.90. The second-order valence-electron chi connectivity index (χ2n) is 3.82. The molecule has 2 heterocycles. The molecule has 17 heavy (non-hydrogen) atoms. The predicted octanol–water partition coefficient (Wildman–Crippen LogP) is 0.355. The number of aromatic nitrogens is 4. The first-order valence-corrected chi connectivity index (χ1v) is 5.43. The zero-order valence-electron chi connectivity index (χ0n) is 9.92. The quantitative estimate of drug-likeness (QED) is 0.829. The lowest BCUT2D eigenvalue weighted by molar-refractivity contribution is 0.0946. The minimum absolute atomic E-state index is 0.152. The topological polar surface area (TPSA) is 64.7 Å². The number of carbonyl (C=O) groups is 1. The fourth-order valence-electron chi connectivity index (χ4n) is 1.48. The molecule has 1 N–H and O–H groups in total. The van der Waals surface area contributed by atoms with Gasteiger partial charge < -0.3 is 5.32 Å². The van der Waals surface area contributed by atoms with Crippen LogP contribution >= 0.6 is 0 Å². The van der Waals surface area contributed by atoms with Crippen molar-refractivity contribution in [3.63, 3.8) is 0 Å². The molecule has 90 valence electrons. The first-order chi connectivity index (χ1) is 8.16. The molecule has 2 aromatic heterocycles. The van der Waals surface area contributed by atoms with Crippen LogP contribution in [0.25, 0.3) is 0 Å². The van der Waals surface area contributed by atoms with Gasteiger partial charge in [0.2, 0.25) is 0 Å². The number of nitrogens with zero attached hydrogens (tertiary/aromatic N) is 4. The number of nitrogens with one attached hydrogen (secondary N) is 1. The Morgan fingerprint density at radius 1 is 1.53 bits per heavy atom. The standard InChI is InChI=1S/C11H15N5O/c1-9-8-10(14-15(9)2)11(17)12-5-7-16-6-3-4-13-16/h3-4,6,8H,5,7H2,1-2H3,(H,12,17). The minimum Gasteiger partial charge on any atom is -0.349 e. The molecule has 0 atom stereocenters. The van der Waals surface area contributed by atoms with Gasteiger partial charge in [0, 0.05) is 31.7 Å². The van der Waals surface area contributed by atoms with Crippen molar-refractivity contribution in [2.75, 3.05) is 6.54 Å². The number of hydrogen-bond acceptors (Lipinski definition) is 3. The predicted molar refractivity (Wildman–Crippen MR) is 62.5 cm³/mol. The van der Waals surface area contributed by atoms with Crippen LogP contribution in [0.15, 0.2) is 24.5 Å². The number of aryl methyl sites for hydroxylation is 2. The highest BCUT2D eigenvalue weighted by molar-refractivity contribution is 5.92. The summed E-state index contributed by atoms with van der Waals surface area (Å²) in [4.78, 5) is 11.7. The summed E-state index contributed by atoms with van der Waals surface area (Å²) >= 11 is 0. The van der Waals surface area contributed by atoms with Crippen LogP contribution in [0.2, 0.25) is 0 Å². The van der Waals surface area contributed by atoms with Gasteiger partial charge in [0.05, 0.1) is 6.54 Å². The highest BCUT2D eigenvalue weighted by Gasteiger charge is 2.09. The molecule has 0 aromatic carbocycles. The van der Waals surface area contributed by atoms with E-state index < -0.39 is 0 Å². The number of amides is 1.